The lowest BCUT2D eigenvalue weighted by Crippen LogP contribution is -2.40. The molecule has 2 aromatic rings. The van der Waals surface area contributed by atoms with E-state index in [1.807, 2.05) is 32.0 Å². The van der Waals surface area contributed by atoms with Gasteiger partial charge < -0.3 is 10.1 Å². The molecule has 8 heteroatoms. The van der Waals surface area contributed by atoms with E-state index < -0.39 is 10.0 Å². The molecule has 0 saturated carbocycles. The zero-order valence-corrected chi connectivity index (χ0v) is 18.1. The summed E-state index contributed by atoms with van der Waals surface area (Å²) in [6, 6.07) is 10.6. The number of halogens is 1. The number of rotatable bonds is 6. The Kier molecular flexibility index (Phi) is 6.95. The minimum absolute atomic E-state index is 0.172. The smallest absolute Gasteiger partial charge is 0.243 e. The van der Waals surface area contributed by atoms with Gasteiger partial charge in [-0.2, -0.15) is 4.31 Å². The van der Waals surface area contributed by atoms with Crippen molar-refractivity contribution in [3.8, 4) is 0 Å². The maximum absolute atomic E-state index is 12.9. The van der Waals surface area contributed by atoms with Gasteiger partial charge in [0.15, 0.2) is 0 Å². The summed E-state index contributed by atoms with van der Waals surface area (Å²) in [6.07, 6.45) is 0.829. The minimum atomic E-state index is -3.61. The van der Waals surface area contributed by atoms with E-state index in [1.165, 1.54) is 10.4 Å². The molecular formula is C21H25ClN2O4S. The molecule has 3 rings (SSSR count). The Hall–Kier alpha value is -1.93. The molecule has 1 heterocycles. The van der Waals surface area contributed by atoms with Gasteiger partial charge >= 0.3 is 0 Å². The second-order valence-corrected chi connectivity index (χ2v) is 9.47. The van der Waals surface area contributed by atoms with Crippen molar-refractivity contribution in [2.75, 3.05) is 31.6 Å². The highest BCUT2D eigenvalue weighted by atomic mass is 35.5. The number of anilines is 1. The van der Waals surface area contributed by atoms with Crippen molar-refractivity contribution in [2.45, 2.75) is 31.6 Å². The van der Waals surface area contributed by atoms with E-state index in [2.05, 4.69) is 5.32 Å². The third-order valence-corrected chi connectivity index (χ3v) is 7.27. The zero-order valence-electron chi connectivity index (χ0n) is 16.6. The van der Waals surface area contributed by atoms with Crippen LogP contribution in [-0.2, 0) is 26.0 Å². The first-order valence-corrected chi connectivity index (χ1v) is 11.3. The van der Waals surface area contributed by atoms with Crippen LogP contribution in [0.1, 0.15) is 23.1 Å². The summed E-state index contributed by atoms with van der Waals surface area (Å²) in [6.45, 7) is 5.20. The van der Waals surface area contributed by atoms with Gasteiger partial charge in [0, 0.05) is 30.2 Å². The van der Waals surface area contributed by atoms with Gasteiger partial charge in [0.05, 0.1) is 18.1 Å². The van der Waals surface area contributed by atoms with Gasteiger partial charge in [0.1, 0.15) is 0 Å². The van der Waals surface area contributed by atoms with Crippen LogP contribution in [0, 0.1) is 13.8 Å². The monoisotopic (exact) mass is 436 g/mol. The van der Waals surface area contributed by atoms with Gasteiger partial charge in [-0.05, 0) is 55.2 Å². The summed E-state index contributed by atoms with van der Waals surface area (Å²) in [5.41, 5.74) is 3.29. The first-order valence-electron chi connectivity index (χ1n) is 9.51. The highest BCUT2D eigenvalue weighted by Crippen LogP contribution is 2.24. The number of nitrogens with zero attached hydrogens (tertiary/aromatic N) is 1. The molecule has 1 saturated heterocycles. The Labute approximate surface area is 176 Å². The van der Waals surface area contributed by atoms with Crippen LogP contribution in [0.25, 0.3) is 0 Å². The number of carbonyl (C=O) groups excluding carboxylic acids is 1. The lowest BCUT2D eigenvalue weighted by Gasteiger charge is -2.26. The van der Waals surface area contributed by atoms with Crippen LogP contribution in [0.4, 0.5) is 5.69 Å². The van der Waals surface area contributed by atoms with E-state index in [9.17, 15) is 13.2 Å². The molecule has 0 spiro atoms. The largest absolute Gasteiger partial charge is 0.379 e. The number of amides is 1. The average molecular weight is 437 g/mol. The highest BCUT2D eigenvalue weighted by molar-refractivity contribution is 7.89. The summed E-state index contributed by atoms with van der Waals surface area (Å²) < 4.78 is 32.3. The molecular weight excluding hydrogens is 412 g/mol. The number of sulfonamides is 1. The minimum Gasteiger partial charge on any atom is -0.379 e. The molecule has 6 nitrogen and oxygen atoms in total. The Bertz CT molecular complexity index is 1000. The fraction of sp³-hybridized carbons (Fsp3) is 0.381. The molecule has 1 aliphatic heterocycles. The van der Waals surface area contributed by atoms with E-state index in [-0.39, 0.29) is 17.2 Å². The van der Waals surface area contributed by atoms with Crippen molar-refractivity contribution in [1.29, 1.82) is 0 Å². The third-order valence-electron chi connectivity index (χ3n) is 4.97. The summed E-state index contributed by atoms with van der Waals surface area (Å²) in [7, 11) is -3.61. The van der Waals surface area contributed by atoms with Crippen LogP contribution in [0.2, 0.25) is 5.02 Å². The van der Waals surface area contributed by atoms with Crippen molar-refractivity contribution in [3.05, 3.63) is 58.1 Å². The number of nitrogens with one attached hydrogen (secondary N) is 1. The molecule has 0 radical (unpaired) electrons. The van der Waals surface area contributed by atoms with Crippen LogP contribution in [-0.4, -0.2) is 44.9 Å². The van der Waals surface area contributed by atoms with Gasteiger partial charge in [-0.25, -0.2) is 8.42 Å². The van der Waals surface area contributed by atoms with E-state index in [0.717, 1.165) is 16.7 Å². The molecule has 2 aromatic carbocycles. The molecule has 156 valence electrons. The van der Waals surface area contributed by atoms with Crippen molar-refractivity contribution in [1.82, 2.24) is 4.31 Å². The van der Waals surface area contributed by atoms with Crippen molar-refractivity contribution < 1.29 is 17.9 Å². The maximum Gasteiger partial charge on any atom is 0.243 e. The van der Waals surface area contributed by atoms with Crippen LogP contribution in [0.5, 0.6) is 0 Å². The highest BCUT2D eigenvalue weighted by Gasteiger charge is 2.26. The molecule has 1 fully saturated rings. The van der Waals surface area contributed by atoms with Crippen LogP contribution in [0.3, 0.4) is 0 Å². The number of ether oxygens (including phenoxy) is 1. The molecule has 1 amide bonds. The molecule has 1 N–H and O–H groups in total. The fourth-order valence-corrected chi connectivity index (χ4v) is 4.73. The standard InChI is InChI=1S/C21H25ClN2O4S/c1-15-3-5-17(13-19(15)22)6-8-21(25)23-20-14-18(7-4-16(20)2)29(26,27)24-9-11-28-12-10-24/h3-5,7,13-14H,6,8-12H2,1-2H3,(H,23,25). The third kappa shape index (κ3) is 5.36. The second kappa shape index (κ2) is 9.26. The molecule has 0 aromatic heterocycles. The lowest BCUT2D eigenvalue weighted by molar-refractivity contribution is -0.116. The number of benzene rings is 2. The number of hydrogen-bond acceptors (Lipinski definition) is 4. The molecule has 0 bridgehead atoms. The number of hydrogen-bond donors (Lipinski definition) is 1. The normalized spacial score (nSPS) is 15.3. The lowest BCUT2D eigenvalue weighted by atomic mass is 10.1. The second-order valence-electron chi connectivity index (χ2n) is 7.12. The predicted molar refractivity (Wildman–Crippen MR) is 114 cm³/mol. The Morgan fingerprint density at radius 2 is 1.79 bits per heavy atom. The number of carbonyl (C=O) groups is 1. The molecule has 0 aliphatic carbocycles. The van der Waals surface area contributed by atoms with Crippen LogP contribution in [0.15, 0.2) is 41.3 Å². The van der Waals surface area contributed by atoms with Gasteiger partial charge in [0.2, 0.25) is 15.9 Å². The summed E-state index contributed by atoms with van der Waals surface area (Å²) >= 11 is 6.13. The van der Waals surface area contributed by atoms with Crippen molar-refractivity contribution in [3.63, 3.8) is 0 Å². The predicted octanol–water partition coefficient (Wildman–Crippen LogP) is 3.55. The van der Waals surface area contributed by atoms with Gasteiger partial charge in [-0.3, -0.25) is 4.79 Å². The van der Waals surface area contributed by atoms with Crippen molar-refractivity contribution in [2.24, 2.45) is 0 Å². The molecule has 0 atom stereocenters. The van der Waals surface area contributed by atoms with E-state index in [4.69, 9.17) is 16.3 Å². The average Bonchev–Trinajstić information content (AvgIpc) is 2.71. The summed E-state index contributed by atoms with van der Waals surface area (Å²) in [5, 5.41) is 3.52. The SMILES string of the molecule is Cc1ccc(CCC(=O)Nc2cc(S(=O)(=O)N3CCOCC3)ccc2C)cc1Cl. The Balaban J connectivity index is 1.69. The van der Waals surface area contributed by atoms with Crippen LogP contribution >= 0.6 is 11.6 Å². The van der Waals surface area contributed by atoms with Crippen molar-refractivity contribution >= 4 is 33.2 Å². The molecule has 29 heavy (non-hydrogen) atoms. The quantitative estimate of drug-likeness (QED) is 0.751. The summed E-state index contributed by atoms with van der Waals surface area (Å²) in [5.74, 6) is -0.175. The van der Waals surface area contributed by atoms with Gasteiger partial charge in [0.25, 0.3) is 0 Å². The first kappa shape index (κ1) is 21.8. The molecule has 0 unspecified atom stereocenters. The maximum atomic E-state index is 12.9. The Morgan fingerprint density at radius 3 is 2.48 bits per heavy atom. The zero-order chi connectivity index (χ0) is 21.0. The molecule has 1 aliphatic rings. The van der Waals surface area contributed by atoms with E-state index in [0.29, 0.717) is 43.4 Å². The topological polar surface area (TPSA) is 75.7 Å². The fourth-order valence-electron chi connectivity index (χ4n) is 3.09. The van der Waals surface area contributed by atoms with Crippen LogP contribution < -0.4 is 5.32 Å². The summed E-state index contributed by atoms with van der Waals surface area (Å²) in [4.78, 5) is 12.6. The van der Waals surface area contributed by atoms with E-state index in [1.54, 1.807) is 12.1 Å². The van der Waals surface area contributed by atoms with E-state index >= 15 is 0 Å². The van der Waals surface area contributed by atoms with Gasteiger partial charge in [-0.15, -0.1) is 0 Å². The van der Waals surface area contributed by atoms with Gasteiger partial charge in [-0.1, -0.05) is 29.8 Å². The Morgan fingerprint density at radius 1 is 1.10 bits per heavy atom. The number of morpholine rings is 1. The number of aryl methyl sites for hydroxylation is 3. The first-order chi connectivity index (χ1) is 13.8.